The first-order valence-electron chi connectivity index (χ1n) is 6.27. The number of hydrogen-bond acceptors (Lipinski definition) is 3. The molecule has 0 aromatic heterocycles. The number of hydrogen-bond donors (Lipinski definition) is 3. The fraction of sp³-hybridized carbons (Fsp3) is 0.818. The van der Waals surface area contributed by atoms with Crippen LogP contribution in [0.15, 0.2) is 0 Å². The standard InChI is InChI=1S/C11H21N5O/c12-11(13)16-7-5-15(6-8-16)10(17)9-1-3-14-4-2-9/h9,14H,1-8H2,(H3,12,13). The van der Waals surface area contributed by atoms with Crippen LogP contribution in [-0.2, 0) is 4.79 Å². The van der Waals surface area contributed by atoms with Crippen LogP contribution < -0.4 is 11.1 Å². The second-order valence-corrected chi connectivity index (χ2v) is 4.72. The number of amides is 1. The zero-order valence-corrected chi connectivity index (χ0v) is 10.1. The maximum Gasteiger partial charge on any atom is 0.225 e. The first-order chi connectivity index (χ1) is 8.18. The zero-order valence-electron chi connectivity index (χ0n) is 10.1. The Morgan fingerprint density at radius 1 is 1.12 bits per heavy atom. The normalized spacial score (nSPS) is 22.6. The maximum atomic E-state index is 12.2. The van der Waals surface area contributed by atoms with E-state index in [9.17, 15) is 4.79 Å². The molecule has 2 rings (SSSR count). The molecule has 0 aromatic carbocycles. The molecular weight excluding hydrogens is 218 g/mol. The lowest BCUT2D eigenvalue weighted by molar-refractivity contribution is -0.137. The van der Waals surface area contributed by atoms with E-state index in [0.717, 1.165) is 25.9 Å². The molecule has 0 bridgehead atoms. The van der Waals surface area contributed by atoms with E-state index in [0.29, 0.717) is 26.2 Å². The van der Waals surface area contributed by atoms with Gasteiger partial charge in [0, 0.05) is 32.1 Å². The van der Waals surface area contributed by atoms with E-state index < -0.39 is 0 Å². The molecule has 2 heterocycles. The van der Waals surface area contributed by atoms with Gasteiger partial charge in [-0.05, 0) is 25.9 Å². The topological polar surface area (TPSA) is 85.5 Å². The van der Waals surface area contributed by atoms with Gasteiger partial charge in [-0.3, -0.25) is 10.2 Å². The molecule has 4 N–H and O–H groups in total. The third-order valence-electron chi connectivity index (χ3n) is 3.62. The molecule has 0 atom stereocenters. The van der Waals surface area contributed by atoms with Gasteiger partial charge in [-0.25, -0.2) is 0 Å². The van der Waals surface area contributed by atoms with Gasteiger partial charge >= 0.3 is 0 Å². The molecule has 0 aliphatic carbocycles. The van der Waals surface area contributed by atoms with Crippen LogP contribution in [0.25, 0.3) is 0 Å². The molecule has 2 aliphatic heterocycles. The molecule has 6 nitrogen and oxygen atoms in total. The van der Waals surface area contributed by atoms with E-state index in [1.165, 1.54) is 0 Å². The Bertz CT molecular complexity index is 292. The van der Waals surface area contributed by atoms with Gasteiger partial charge in [0.25, 0.3) is 0 Å². The van der Waals surface area contributed by atoms with Gasteiger partial charge in [-0.2, -0.15) is 0 Å². The lowest BCUT2D eigenvalue weighted by Gasteiger charge is -2.37. The summed E-state index contributed by atoms with van der Waals surface area (Å²) in [4.78, 5) is 16.0. The second kappa shape index (κ2) is 5.35. The van der Waals surface area contributed by atoms with Crippen LogP contribution in [0, 0.1) is 11.3 Å². The van der Waals surface area contributed by atoms with Crippen molar-refractivity contribution in [2.24, 2.45) is 11.7 Å². The number of piperidine rings is 1. The van der Waals surface area contributed by atoms with E-state index in [1.54, 1.807) is 0 Å². The van der Waals surface area contributed by atoms with Crippen molar-refractivity contribution in [3.05, 3.63) is 0 Å². The molecule has 2 aliphatic rings. The molecule has 0 unspecified atom stereocenters. The van der Waals surface area contributed by atoms with Crippen molar-refractivity contribution in [3.8, 4) is 0 Å². The summed E-state index contributed by atoms with van der Waals surface area (Å²) in [6, 6.07) is 0. The average molecular weight is 239 g/mol. The van der Waals surface area contributed by atoms with Crippen molar-refractivity contribution < 1.29 is 4.79 Å². The minimum Gasteiger partial charge on any atom is -0.370 e. The van der Waals surface area contributed by atoms with Crippen molar-refractivity contribution in [3.63, 3.8) is 0 Å². The van der Waals surface area contributed by atoms with E-state index in [4.69, 9.17) is 11.1 Å². The second-order valence-electron chi connectivity index (χ2n) is 4.72. The van der Waals surface area contributed by atoms with Crippen LogP contribution in [0.5, 0.6) is 0 Å². The van der Waals surface area contributed by atoms with Gasteiger partial charge in [0.05, 0.1) is 0 Å². The number of carbonyl (C=O) groups excluding carboxylic acids is 1. The van der Waals surface area contributed by atoms with Gasteiger partial charge in [0.1, 0.15) is 0 Å². The van der Waals surface area contributed by atoms with Crippen molar-refractivity contribution in [1.29, 1.82) is 5.41 Å². The fourth-order valence-corrected chi connectivity index (χ4v) is 2.49. The van der Waals surface area contributed by atoms with Gasteiger partial charge < -0.3 is 20.9 Å². The lowest BCUT2D eigenvalue weighted by atomic mass is 9.96. The number of rotatable bonds is 1. The Morgan fingerprint density at radius 3 is 2.18 bits per heavy atom. The number of nitrogens with two attached hydrogens (primary N) is 1. The Labute approximate surface area is 102 Å². The molecule has 0 saturated carbocycles. The molecule has 0 spiro atoms. The van der Waals surface area contributed by atoms with Crippen molar-refractivity contribution in [1.82, 2.24) is 15.1 Å². The SMILES string of the molecule is N=C(N)N1CCN(C(=O)C2CCNCC2)CC1. The Morgan fingerprint density at radius 2 is 1.65 bits per heavy atom. The van der Waals surface area contributed by atoms with Gasteiger partial charge in [-0.1, -0.05) is 0 Å². The van der Waals surface area contributed by atoms with Crippen LogP contribution >= 0.6 is 0 Å². The molecule has 2 saturated heterocycles. The Kier molecular flexibility index (Phi) is 3.83. The van der Waals surface area contributed by atoms with Crippen LogP contribution in [-0.4, -0.2) is 60.9 Å². The highest BCUT2D eigenvalue weighted by atomic mass is 16.2. The molecule has 96 valence electrons. The highest BCUT2D eigenvalue weighted by molar-refractivity contribution is 5.80. The summed E-state index contributed by atoms with van der Waals surface area (Å²) in [5.74, 6) is 0.591. The molecule has 17 heavy (non-hydrogen) atoms. The summed E-state index contributed by atoms with van der Waals surface area (Å²) in [5.41, 5.74) is 5.43. The third-order valence-corrected chi connectivity index (χ3v) is 3.62. The molecule has 0 radical (unpaired) electrons. The molecule has 6 heteroatoms. The summed E-state index contributed by atoms with van der Waals surface area (Å²) in [5, 5.41) is 10.6. The lowest BCUT2D eigenvalue weighted by Crippen LogP contribution is -2.54. The minimum absolute atomic E-state index is 0.110. The summed E-state index contributed by atoms with van der Waals surface area (Å²) >= 11 is 0. The summed E-state index contributed by atoms with van der Waals surface area (Å²) in [6.07, 6.45) is 1.90. The first kappa shape index (κ1) is 12.2. The largest absolute Gasteiger partial charge is 0.370 e. The fourth-order valence-electron chi connectivity index (χ4n) is 2.49. The number of nitrogens with one attached hydrogen (secondary N) is 2. The average Bonchev–Trinajstić information content (AvgIpc) is 2.39. The zero-order chi connectivity index (χ0) is 12.3. The smallest absolute Gasteiger partial charge is 0.225 e. The number of piperazine rings is 1. The monoisotopic (exact) mass is 239 g/mol. The van der Waals surface area contributed by atoms with E-state index in [2.05, 4.69) is 5.32 Å². The maximum absolute atomic E-state index is 12.2. The van der Waals surface area contributed by atoms with Gasteiger partial charge in [-0.15, -0.1) is 0 Å². The van der Waals surface area contributed by atoms with E-state index in [1.807, 2.05) is 9.80 Å². The Hall–Kier alpha value is -1.30. The van der Waals surface area contributed by atoms with Crippen molar-refractivity contribution >= 4 is 11.9 Å². The van der Waals surface area contributed by atoms with Crippen molar-refractivity contribution in [2.75, 3.05) is 39.3 Å². The van der Waals surface area contributed by atoms with Gasteiger partial charge in [0.15, 0.2) is 5.96 Å². The van der Waals surface area contributed by atoms with Gasteiger partial charge in [0.2, 0.25) is 5.91 Å². The highest BCUT2D eigenvalue weighted by Crippen LogP contribution is 2.16. The van der Waals surface area contributed by atoms with Crippen LogP contribution in [0.1, 0.15) is 12.8 Å². The predicted octanol–water partition coefficient (Wildman–Crippen LogP) is -0.976. The van der Waals surface area contributed by atoms with E-state index in [-0.39, 0.29) is 17.8 Å². The van der Waals surface area contributed by atoms with Crippen molar-refractivity contribution in [2.45, 2.75) is 12.8 Å². The Balaban J connectivity index is 1.83. The molecular formula is C11H21N5O. The minimum atomic E-state index is 0.110. The number of carbonyl (C=O) groups is 1. The molecule has 1 amide bonds. The summed E-state index contributed by atoms with van der Waals surface area (Å²) in [7, 11) is 0. The quantitative estimate of drug-likeness (QED) is 0.406. The molecule has 2 fully saturated rings. The first-order valence-corrected chi connectivity index (χ1v) is 6.27. The van der Waals surface area contributed by atoms with Crippen LogP contribution in [0.4, 0.5) is 0 Å². The summed E-state index contributed by atoms with van der Waals surface area (Å²) < 4.78 is 0. The molecule has 0 aromatic rings. The van der Waals surface area contributed by atoms with E-state index >= 15 is 0 Å². The number of nitrogens with zero attached hydrogens (tertiary/aromatic N) is 2. The predicted molar refractivity (Wildman–Crippen MR) is 65.7 cm³/mol. The van der Waals surface area contributed by atoms with Crippen LogP contribution in [0.2, 0.25) is 0 Å². The number of guanidine groups is 1. The highest BCUT2D eigenvalue weighted by Gasteiger charge is 2.28. The summed E-state index contributed by atoms with van der Waals surface area (Å²) in [6.45, 7) is 4.66. The third kappa shape index (κ3) is 2.88. The van der Waals surface area contributed by atoms with Crippen LogP contribution in [0.3, 0.4) is 0 Å².